The van der Waals surface area contributed by atoms with Crippen LogP contribution >= 0.6 is 0 Å². The maximum atomic E-state index is 11.8. The van der Waals surface area contributed by atoms with Gasteiger partial charge in [0.2, 0.25) is 0 Å². The maximum absolute atomic E-state index is 11.8. The smallest absolute Gasteiger partial charge is 0.337 e. The van der Waals surface area contributed by atoms with E-state index in [2.05, 4.69) is 26.0 Å². The van der Waals surface area contributed by atoms with Gasteiger partial charge in [-0.25, -0.2) is 4.79 Å². The van der Waals surface area contributed by atoms with Crippen molar-refractivity contribution in [2.75, 3.05) is 13.7 Å². The zero-order valence-corrected chi connectivity index (χ0v) is 19.4. The first kappa shape index (κ1) is 23.9. The van der Waals surface area contributed by atoms with Crippen molar-refractivity contribution in [3.8, 4) is 5.75 Å². The Morgan fingerprint density at radius 2 is 1.57 bits per heavy atom. The van der Waals surface area contributed by atoms with Gasteiger partial charge in [0.25, 0.3) is 0 Å². The molecule has 2 aromatic carbocycles. The summed E-state index contributed by atoms with van der Waals surface area (Å²) < 4.78 is 10.7. The number of aliphatic hydroxyl groups excluding tert-OH is 1. The van der Waals surface area contributed by atoms with Gasteiger partial charge >= 0.3 is 5.97 Å². The molecule has 0 aromatic heterocycles. The van der Waals surface area contributed by atoms with Gasteiger partial charge in [0, 0.05) is 5.41 Å². The molecule has 0 fully saturated rings. The predicted molar refractivity (Wildman–Crippen MR) is 121 cm³/mol. The molecule has 1 unspecified atom stereocenters. The Labute approximate surface area is 181 Å². The van der Waals surface area contributed by atoms with Crippen LogP contribution in [-0.4, -0.2) is 30.9 Å². The van der Waals surface area contributed by atoms with Crippen LogP contribution < -0.4 is 4.74 Å². The van der Waals surface area contributed by atoms with Crippen LogP contribution in [0.25, 0.3) is 0 Å². The topological polar surface area (TPSA) is 55.8 Å². The summed E-state index contributed by atoms with van der Waals surface area (Å²) in [5.74, 6) is 0.471. The van der Waals surface area contributed by atoms with Crippen molar-refractivity contribution < 1.29 is 19.4 Å². The predicted octanol–water partition coefficient (Wildman–Crippen LogP) is 5.67. The summed E-state index contributed by atoms with van der Waals surface area (Å²) in [6, 6.07) is 14.0. The largest absolute Gasteiger partial charge is 0.491 e. The number of ether oxygens (including phenoxy) is 2. The van der Waals surface area contributed by atoms with Crippen molar-refractivity contribution in [1.29, 1.82) is 0 Å². The van der Waals surface area contributed by atoms with E-state index in [9.17, 15) is 9.90 Å². The average Bonchev–Trinajstić information content (AvgIpc) is 2.73. The minimum atomic E-state index is -0.532. The summed E-state index contributed by atoms with van der Waals surface area (Å²) in [7, 11) is 1.39. The van der Waals surface area contributed by atoms with E-state index in [0.717, 1.165) is 24.2 Å². The first-order chi connectivity index (χ1) is 14.1. The summed E-state index contributed by atoms with van der Waals surface area (Å²) in [5, 5.41) is 10.3. The van der Waals surface area contributed by atoms with Crippen LogP contribution in [-0.2, 0) is 10.2 Å². The van der Waals surface area contributed by atoms with Gasteiger partial charge in [0.05, 0.1) is 18.8 Å². The maximum Gasteiger partial charge on any atom is 0.337 e. The third-order valence-corrected chi connectivity index (χ3v) is 6.19. The van der Waals surface area contributed by atoms with E-state index >= 15 is 0 Å². The van der Waals surface area contributed by atoms with Gasteiger partial charge in [-0.3, -0.25) is 0 Å². The highest BCUT2D eigenvalue weighted by atomic mass is 16.5. The van der Waals surface area contributed by atoms with E-state index in [1.807, 2.05) is 58.0 Å². The number of carbonyl (C=O) groups is 1. The monoisotopic (exact) mass is 412 g/mol. The van der Waals surface area contributed by atoms with Gasteiger partial charge in [-0.1, -0.05) is 58.9 Å². The lowest BCUT2D eigenvalue weighted by atomic mass is 9.70. The SMILES string of the molecule is CCC(CC)(c1ccc(C(=O)OC)cc1)c1ccc(OCC(O)C(C)(C)C)c(C)c1. The third-order valence-electron chi connectivity index (χ3n) is 6.19. The highest BCUT2D eigenvalue weighted by Crippen LogP contribution is 2.40. The molecule has 0 aliphatic rings. The van der Waals surface area contributed by atoms with E-state index in [0.29, 0.717) is 5.56 Å². The number of hydrogen-bond acceptors (Lipinski definition) is 4. The van der Waals surface area contributed by atoms with Crippen molar-refractivity contribution in [2.24, 2.45) is 5.41 Å². The molecule has 2 rings (SSSR count). The van der Waals surface area contributed by atoms with Crippen LogP contribution in [0, 0.1) is 12.3 Å². The van der Waals surface area contributed by atoms with Crippen LogP contribution in [0.4, 0.5) is 0 Å². The fraction of sp³-hybridized carbons (Fsp3) is 0.500. The van der Waals surface area contributed by atoms with Gasteiger partial charge in [0.15, 0.2) is 0 Å². The first-order valence-corrected chi connectivity index (χ1v) is 10.7. The molecule has 0 saturated carbocycles. The molecule has 0 amide bonds. The Balaban J connectivity index is 2.33. The molecule has 0 aliphatic heterocycles. The summed E-state index contributed by atoms with van der Waals surface area (Å²) in [5.41, 5.74) is 3.63. The quantitative estimate of drug-likeness (QED) is 0.567. The standard InChI is InChI=1S/C26H36O4/c1-8-26(9-2,20-12-10-19(11-13-20)24(28)29-7)21-14-15-22(18(3)16-21)30-17-23(27)25(4,5)6/h10-16,23,27H,8-9,17H2,1-7H3. The molecule has 1 atom stereocenters. The van der Waals surface area contributed by atoms with Crippen molar-refractivity contribution >= 4 is 5.97 Å². The normalized spacial score (nSPS) is 13.1. The summed E-state index contributed by atoms with van der Waals surface area (Å²) in [6.45, 7) is 12.7. The molecule has 0 aliphatic carbocycles. The van der Waals surface area contributed by atoms with Crippen molar-refractivity contribution in [3.63, 3.8) is 0 Å². The van der Waals surface area contributed by atoms with Crippen LogP contribution in [0.15, 0.2) is 42.5 Å². The molecule has 2 aromatic rings. The highest BCUT2D eigenvalue weighted by Gasteiger charge is 2.31. The van der Waals surface area contributed by atoms with Gasteiger partial charge in [-0.05, 0) is 60.1 Å². The summed E-state index contributed by atoms with van der Waals surface area (Å²) in [4.78, 5) is 11.8. The number of esters is 1. The molecular formula is C26H36O4. The van der Waals surface area contributed by atoms with E-state index < -0.39 is 6.10 Å². The lowest BCUT2D eigenvalue weighted by Gasteiger charge is -2.34. The Hall–Kier alpha value is -2.33. The minimum Gasteiger partial charge on any atom is -0.491 e. The molecule has 4 heteroatoms. The average molecular weight is 413 g/mol. The van der Waals surface area contributed by atoms with Gasteiger partial charge in [-0.2, -0.15) is 0 Å². The van der Waals surface area contributed by atoms with Gasteiger partial charge in [-0.15, -0.1) is 0 Å². The molecule has 30 heavy (non-hydrogen) atoms. The number of aryl methyl sites for hydroxylation is 1. The van der Waals surface area contributed by atoms with E-state index in [4.69, 9.17) is 9.47 Å². The number of hydrogen-bond donors (Lipinski definition) is 1. The number of benzene rings is 2. The zero-order chi connectivity index (χ0) is 22.5. The summed E-state index contributed by atoms with van der Waals surface area (Å²) >= 11 is 0. The third kappa shape index (κ3) is 5.04. The van der Waals surface area contributed by atoms with Crippen molar-refractivity contribution in [1.82, 2.24) is 0 Å². The lowest BCUT2D eigenvalue weighted by Crippen LogP contribution is -2.32. The molecular weight excluding hydrogens is 376 g/mol. The van der Waals surface area contributed by atoms with E-state index in [-0.39, 0.29) is 23.4 Å². The van der Waals surface area contributed by atoms with Crippen LogP contribution in [0.2, 0.25) is 0 Å². The number of rotatable bonds is 8. The Morgan fingerprint density at radius 1 is 1.00 bits per heavy atom. The van der Waals surface area contributed by atoms with Crippen LogP contribution in [0.3, 0.4) is 0 Å². The Bertz CT molecular complexity index is 842. The molecule has 0 radical (unpaired) electrons. The highest BCUT2D eigenvalue weighted by molar-refractivity contribution is 5.89. The number of methoxy groups -OCH3 is 1. The molecule has 4 nitrogen and oxygen atoms in total. The zero-order valence-electron chi connectivity index (χ0n) is 19.4. The van der Waals surface area contributed by atoms with Crippen LogP contribution in [0.1, 0.15) is 74.5 Å². The Morgan fingerprint density at radius 3 is 2.03 bits per heavy atom. The second-order valence-electron chi connectivity index (χ2n) is 9.03. The molecule has 0 saturated heterocycles. The van der Waals surface area contributed by atoms with E-state index in [1.165, 1.54) is 18.2 Å². The van der Waals surface area contributed by atoms with Gasteiger partial charge < -0.3 is 14.6 Å². The van der Waals surface area contributed by atoms with Gasteiger partial charge in [0.1, 0.15) is 12.4 Å². The fourth-order valence-electron chi connectivity index (χ4n) is 3.80. The van der Waals surface area contributed by atoms with E-state index in [1.54, 1.807) is 0 Å². The second-order valence-corrected chi connectivity index (χ2v) is 9.03. The molecule has 1 N–H and O–H groups in total. The molecule has 0 bridgehead atoms. The molecule has 164 valence electrons. The molecule has 0 spiro atoms. The lowest BCUT2D eigenvalue weighted by molar-refractivity contribution is 0.0216. The van der Waals surface area contributed by atoms with Crippen LogP contribution in [0.5, 0.6) is 5.75 Å². The molecule has 0 heterocycles. The Kier molecular flexibility index (Phi) is 7.70. The fourth-order valence-corrected chi connectivity index (χ4v) is 3.80. The first-order valence-electron chi connectivity index (χ1n) is 10.7. The minimum absolute atomic E-state index is 0.150. The van der Waals surface area contributed by atoms with Crippen molar-refractivity contribution in [3.05, 3.63) is 64.7 Å². The second kappa shape index (κ2) is 9.65. The number of carbonyl (C=O) groups excluding carboxylic acids is 1. The number of aliphatic hydroxyl groups is 1. The van der Waals surface area contributed by atoms with Crippen molar-refractivity contribution in [2.45, 2.75) is 65.9 Å². The summed E-state index contributed by atoms with van der Waals surface area (Å²) in [6.07, 6.45) is 1.34.